The van der Waals surface area contributed by atoms with Gasteiger partial charge in [0, 0.05) is 6.42 Å². The highest BCUT2D eigenvalue weighted by molar-refractivity contribution is 5.39. The van der Waals surface area contributed by atoms with Crippen molar-refractivity contribution < 1.29 is 4.52 Å². The first-order valence-electron chi connectivity index (χ1n) is 6.30. The van der Waals surface area contributed by atoms with Crippen molar-refractivity contribution in [2.75, 3.05) is 0 Å². The smallest absolute Gasteiger partial charge is 0.348 e. The SMILES string of the molecule is Cc1noc(C)c1-n1c(Cc2ccccc2)n[nH]c1=O. The minimum absolute atomic E-state index is 0.287. The summed E-state index contributed by atoms with van der Waals surface area (Å²) in [5.41, 5.74) is 2.12. The lowest BCUT2D eigenvalue weighted by molar-refractivity contribution is 0.393. The molecule has 3 rings (SSSR count). The summed E-state index contributed by atoms with van der Waals surface area (Å²) < 4.78 is 6.65. The first-order chi connectivity index (χ1) is 9.66. The van der Waals surface area contributed by atoms with Crippen molar-refractivity contribution in [3.05, 3.63) is 63.7 Å². The lowest BCUT2D eigenvalue weighted by Crippen LogP contribution is -2.18. The number of aryl methyl sites for hydroxylation is 2. The summed E-state index contributed by atoms with van der Waals surface area (Å²) >= 11 is 0. The van der Waals surface area contributed by atoms with Gasteiger partial charge in [0.05, 0.1) is 0 Å². The van der Waals surface area contributed by atoms with Crippen LogP contribution in [0.15, 0.2) is 39.6 Å². The van der Waals surface area contributed by atoms with Crippen LogP contribution in [0.1, 0.15) is 22.8 Å². The Morgan fingerprint density at radius 2 is 2.00 bits per heavy atom. The van der Waals surface area contributed by atoms with E-state index in [0.717, 1.165) is 5.56 Å². The van der Waals surface area contributed by atoms with Gasteiger partial charge in [-0.15, -0.1) is 0 Å². The molecule has 2 aromatic heterocycles. The molecule has 0 aliphatic carbocycles. The van der Waals surface area contributed by atoms with E-state index < -0.39 is 0 Å². The van der Waals surface area contributed by atoms with Gasteiger partial charge in [-0.1, -0.05) is 35.5 Å². The molecule has 2 heterocycles. The van der Waals surface area contributed by atoms with Gasteiger partial charge in [-0.3, -0.25) is 0 Å². The van der Waals surface area contributed by atoms with Gasteiger partial charge in [0.15, 0.2) is 5.76 Å². The summed E-state index contributed by atoms with van der Waals surface area (Å²) in [6.45, 7) is 3.58. The predicted molar refractivity (Wildman–Crippen MR) is 73.0 cm³/mol. The Kier molecular flexibility index (Phi) is 2.98. The molecule has 0 atom stereocenters. The van der Waals surface area contributed by atoms with E-state index in [1.54, 1.807) is 13.8 Å². The summed E-state index contributed by atoms with van der Waals surface area (Å²) in [6.07, 6.45) is 0.559. The molecule has 1 aromatic carbocycles. The van der Waals surface area contributed by atoms with E-state index >= 15 is 0 Å². The van der Waals surface area contributed by atoms with Crippen LogP contribution in [0.2, 0.25) is 0 Å². The average Bonchev–Trinajstić information content (AvgIpc) is 2.95. The fraction of sp³-hybridized carbons (Fsp3) is 0.214. The van der Waals surface area contributed by atoms with Gasteiger partial charge in [0.25, 0.3) is 0 Å². The third-order valence-electron chi connectivity index (χ3n) is 3.17. The molecular formula is C14H14N4O2. The summed E-state index contributed by atoms with van der Waals surface area (Å²) in [6, 6.07) is 9.86. The predicted octanol–water partition coefficient (Wildman–Crippen LogP) is 1.76. The first kappa shape index (κ1) is 12.4. The molecule has 0 bridgehead atoms. The minimum Gasteiger partial charge on any atom is -0.359 e. The molecule has 1 N–H and O–H groups in total. The van der Waals surface area contributed by atoms with E-state index in [0.29, 0.717) is 29.4 Å². The lowest BCUT2D eigenvalue weighted by atomic mass is 10.1. The Balaban J connectivity index is 2.09. The van der Waals surface area contributed by atoms with E-state index in [1.165, 1.54) is 4.57 Å². The number of H-pyrrole nitrogens is 1. The molecule has 6 heteroatoms. The molecule has 0 amide bonds. The van der Waals surface area contributed by atoms with E-state index in [9.17, 15) is 4.79 Å². The number of rotatable bonds is 3. The Morgan fingerprint density at radius 1 is 1.25 bits per heavy atom. The minimum atomic E-state index is -0.287. The summed E-state index contributed by atoms with van der Waals surface area (Å²) in [4.78, 5) is 12.0. The third kappa shape index (κ3) is 2.05. The second-order valence-electron chi connectivity index (χ2n) is 4.62. The standard InChI is InChI=1S/C14H14N4O2/c1-9-13(10(2)20-17-9)18-12(15-16-14(18)19)8-11-6-4-3-5-7-11/h3-7H,8H2,1-2H3,(H,16,19). The van der Waals surface area contributed by atoms with Crippen molar-refractivity contribution in [3.8, 4) is 5.69 Å². The highest BCUT2D eigenvalue weighted by Crippen LogP contribution is 2.18. The largest absolute Gasteiger partial charge is 0.359 e. The van der Waals surface area contributed by atoms with Crippen LogP contribution >= 0.6 is 0 Å². The Labute approximate surface area is 115 Å². The van der Waals surface area contributed by atoms with Gasteiger partial charge in [-0.25, -0.2) is 14.5 Å². The Hall–Kier alpha value is -2.63. The molecule has 0 unspecified atom stereocenters. The van der Waals surface area contributed by atoms with Crippen LogP contribution in [0.3, 0.4) is 0 Å². The average molecular weight is 270 g/mol. The molecule has 6 nitrogen and oxygen atoms in total. The topological polar surface area (TPSA) is 76.7 Å². The van der Waals surface area contributed by atoms with Crippen molar-refractivity contribution in [3.63, 3.8) is 0 Å². The highest BCUT2D eigenvalue weighted by Gasteiger charge is 2.18. The normalized spacial score (nSPS) is 10.9. The molecule has 20 heavy (non-hydrogen) atoms. The zero-order valence-corrected chi connectivity index (χ0v) is 11.3. The second kappa shape index (κ2) is 4.80. The number of aromatic amines is 1. The fourth-order valence-electron chi connectivity index (χ4n) is 2.25. The van der Waals surface area contributed by atoms with Gasteiger partial charge in [0.1, 0.15) is 17.2 Å². The fourth-order valence-corrected chi connectivity index (χ4v) is 2.25. The van der Waals surface area contributed by atoms with Crippen LogP contribution in [-0.2, 0) is 6.42 Å². The van der Waals surface area contributed by atoms with Crippen LogP contribution < -0.4 is 5.69 Å². The zero-order valence-electron chi connectivity index (χ0n) is 11.3. The molecule has 0 saturated carbocycles. The maximum Gasteiger partial charge on any atom is 0.348 e. The molecule has 0 aliphatic heterocycles. The van der Waals surface area contributed by atoms with E-state index in [4.69, 9.17) is 4.52 Å². The van der Waals surface area contributed by atoms with Crippen molar-refractivity contribution in [2.24, 2.45) is 0 Å². The monoisotopic (exact) mass is 270 g/mol. The molecule has 0 radical (unpaired) electrons. The lowest BCUT2D eigenvalue weighted by Gasteiger charge is -2.04. The van der Waals surface area contributed by atoms with Crippen LogP contribution in [0, 0.1) is 13.8 Å². The van der Waals surface area contributed by atoms with E-state index in [-0.39, 0.29) is 5.69 Å². The van der Waals surface area contributed by atoms with E-state index in [1.807, 2.05) is 30.3 Å². The maximum atomic E-state index is 12.0. The Bertz CT molecular complexity index is 764. The second-order valence-corrected chi connectivity index (χ2v) is 4.62. The summed E-state index contributed by atoms with van der Waals surface area (Å²) in [5.74, 6) is 1.23. The first-order valence-corrected chi connectivity index (χ1v) is 6.30. The molecule has 3 aromatic rings. The molecular weight excluding hydrogens is 256 g/mol. The van der Waals surface area contributed by atoms with Gasteiger partial charge < -0.3 is 4.52 Å². The number of nitrogens with zero attached hydrogens (tertiary/aromatic N) is 3. The summed E-state index contributed by atoms with van der Waals surface area (Å²) in [7, 11) is 0. The van der Waals surface area contributed by atoms with Crippen LogP contribution in [0.5, 0.6) is 0 Å². The van der Waals surface area contributed by atoms with Gasteiger partial charge >= 0.3 is 5.69 Å². The van der Waals surface area contributed by atoms with Crippen LogP contribution in [0.4, 0.5) is 0 Å². The summed E-state index contributed by atoms with van der Waals surface area (Å²) in [5, 5.41) is 10.5. The highest BCUT2D eigenvalue weighted by atomic mass is 16.5. The van der Waals surface area contributed by atoms with Crippen molar-refractivity contribution in [1.29, 1.82) is 0 Å². The quantitative estimate of drug-likeness (QED) is 0.786. The molecule has 0 saturated heterocycles. The molecule has 102 valence electrons. The van der Waals surface area contributed by atoms with Gasteiger partial charge in [0.2, 0.25) is 0 Å². The van der Waals surface area contributed by atoms with Crippen LogP contribution in [-0.4, -0.2) is 19.9 Å². The number of nitrogens with one attached hydrogen (secondary N) is 1. The maximum absolute atomic E-state index is 12.0. The van der Waals surface area contributed by atoms with Gasteiger partial charge in [-0.05, 0) is 19.4 Å². The molecule has 0 fully saturated rings. The third-order valence-corrected chi connectivity index (χ3v) is 3.17. The van der Waals surface area contributed by atoms with E-state index in [2.05, 4.69) is 15.4 Å². The Morgan fingerprint density at radius 3 is 2.65 bits per heavy atom. The number of benzene rings is 1. The molecule has 0 aliphatic rings. The molecule has 0 spiro atoms. The van der Waals surface area contributed by atoms with Crippen molar-refractivity contribution >= 4 is 0 Å². The number of aromatic nitrogens is 4. The van der Waals surface area contributed by atoms with Crippen molar-refractivity contribution in [2.45, 2.75) is 20.3 Å². The van der Waals surface area contributed by atoms with Crippen LogP contribution in [0.25, 0.3) is 5.69 Å². The van der Waals surface area contributed by atoms with Crippen molar-refractivity contribution in [1.82, 2.24) is 19.9 Å². The zero-order chi connectivity index (χ0) is 14.1. The number of hydrogen-bond donors (Lipinski definition) is 1. The van der Waals surface area contributed by atoms with Gasteiger partial charge in [-0.2, -0.15) is 5.10 Å². The number of hydrogen-bond acceptors (Lipinski definition) is 4.